The zero-order chi connectivity index (χ0) is 21.3. The number of carbonyl (C=O) groups excluding carboxylic acids is 1. The van der Waals surface area contributed by atoms with Crippen molar-refractivity contribution >= 4 is 26.9 Å². The fourth-order valence-corrected chi connectivity index (χ4v) is 5.67. The zero-order valence-corrected chi connectivity index (χ0v) is 18.9. The van der Waals surface area contributed by atoms with E-state index in [0.29, 0.717) is 36.0 Å². The molecule has 3 rings (SSSR count). The van der Waals surface area contributed by atoms with Gasteiger partial charge >= 0.3 is 0 Å². The molecule has 2 heterocycles. The Bertz CT molecular complexity index is 1020. The van der Waals surface area contributed by atoms with Gasteiger partial charge in [-0.05, 0) is 64.2 Å². The van der Waals surface area contributed by atoms with Crippen molar-refractivity contribution in [1.82, 2.24) is 9.62 Å². The molecule has 1 aliphatic heterocycles. The lowest BCUT2D eigenvalue weighted by Crippen LogP contribution is -2.32. The maximum Gasteiger partial charge on any atom is 0.289 e. The zero-order valence-electron chi connectivity index (χ0n) is 18.1. The van der Waals surface area contributed by atoms with E-state index < -0.39 is 10.0 Å². The van der Waals surface area contributed by atoms with Crippen LogP contribution in [0, 0.1) is 20.8 Å². The van der Waals surface area contributed by atoms with Gasteiger partial charge in [0.25, 0.3) is 5.91 Å². The van der Waals surface area contributed by atoms with Crippen molar-refractivity contribution in [3.63, 3.8) is 0 Å². The van der Waals surface area contributed by atoms with Crippen LogP contribution < -0.4 is 4.72 Å². The number of hydrogen-bond donors (Lipinski definition) is 1. The summed E-state index contributed by atoms with van der Waals surface area (Å²) >= 11 is 0. The van der Waals surface area contributed by atoms with E-state index in [1.54, 1.807) is 6.92 Å². The number of likely N-dealkylation sites (tertiary alicyclic amines) is 1. The number of hydrogen-bond acceptors (Lipinski definition) is 4. The molecule has 0 aliphatic carbocycles. The second-order valence-corrected chi connectivity index (χ2v) is 9.87. The van der Waals surface area contributed by atoms with Crippen LogP contribution in [0.4, 0.5) is 0 Å². The summed E-state index contributed by atoms with van der Waals surface area (Å²) in [6.07, 6.45) is 4.92. The molecule has 6 nitrogen and oxygen atoms in total. The number of furan rings is 1. The van der Waals surface area contributed by atoms with Crippen LogP contribution in [0.25, 0.3) is 11.0 Å². The lowest BCUT2D eigenvalue weighted by atomic mass is 10.0. The highest BCUT2D eigenvalue weighted by atomic mass is 32.2. The summed E-state index contributed by atoms with van der Waals surface area (Å²) in [5, 5.41) is 0.691. The van der Waals surface area contributed by atoms with Crippen molar-refractivity contribution in [1.29, 1.82) is 0 Å². The van der Waals surface area contributed by atoms with Crippen molar-refractivity contribution in [2.45, 2.75) is 77.7 Å². The number of rotatable bonds is 5. The number of carbonyl (C=O) groups is 1. The molecule has 160 valence electrons. The Morgan fingerprint density at radius 2 is 1.76 bits per heavy atom. The Morgan fingerprint density at radius 3 is 2.34 bits per heavy atom. The number of fused-ring (bicyclic) bond motifs is 1. The molecule has 1 aliphatic rings. The van der Waals surface area contributed by atoms with E-state index in [9.17, 15) is 13.2 Å². The molecule has 1 amide bonds. The first-order valence-electron chi connectivity index (χ1n) is 10.5. The largest absolute Gasteiger partial charge is 0.449 e. The van der Waals surface area contributed by atoms with Crippen molar-refractivity contribution in [2.75, 3.05) is 13.1 Å². The standard InChI is InChI=1S/C22H32N2O4S/c1-6-15(3)23-29(26,27)21-16(4)14(2)13-18-17(5)19(28-20(18)21)22(25)24-11-9-7-8-10-12-24/h13,15,23H,6-12H2,1-5H3. The minimum Gasteiger partial charge on any atom is -0.449 e. The summed E-state index contributed by atoms with van der Waals surface area (Å²) in [4.78, 5) is 15.1. The summed E-state index contributed by atoms with van der Waals surface area (Å²) in [6, 6.07) is 1.73. The highest BCUT2D eigenvalue weighted by molar-refractivity contribution is 7.89. The first-order chi connectivity index (χ1) is 13.7. The maximum absolute atomic E-state index is 13.2. The smallest absolute Gasteiger partial charge is 0.289 e. The predicted octanol–water partition coefficient (Wildman–Crippen LogP) is 4.45. The quantitative estimate of drug-likeness (QED) is 0.775. The Morgan fingerprint density at radius 1 is 1.14 bits per heavy atom. The van der Waals surface area contributed by atoms with E-state index in [1.807, 2.05) is 38.7 Å². The number of amides is 1. The molecule has 1 aromatic carbocycles. The number of sulfonamides is 1. The molecule has 0 spiro atoms. The first kappa shape index (κ1) is 21.8. The van der Waals surface area contributed by atoms with Gasteiger partial charge in [-0.2, -0.15) is 0 Å². The lowest BCUT2D eigenvalue weighted by molar-refractivity contribution is 0.0731. The Kier molecular flexibility index (Phi) is 6.39. The molecule has 1 N–H and O–H groups in total. The summed E-state index contributed by atoms with van der Waals surface area (Å²) in [6.45, 7) is 10.7. The van der Waals surface area contributed by atoms with Gasteiger partial charge in [0.2, 0.25) is 10.0 Å². The van der Waals surface area contributed by atoms with Gasteiger partial charge in [0.1, 0.15) is 4.90 Å². The van der Waals surface area contributed by atoms with Gasteiger partial charge in [-0.1, -0.05) is 19.8 Å². The van der Waals surface area contributed by atoms with Crippen LogP contribution in [0.15, 0.2) is 15.4 Å². The van der Waals surface area contributed by atoms with E-state index in [0.717, 1.165) is 31.2 Å². The van der Waals surface area contributed by atoms with E-state index >= 15 is 0 Å². The van der Waals surface area contributed by atoms with Crippen LogP contribution in [-0.4, -0.2) is 38.4 Å². The van der Waals surface area contributed by atoms with E-state index in [2.05, 4.69) is 4.72 Å². The predicted molar refractivity (Wildman–Crippen MR) is 115 cm³/mol. The Hall–Kier alpha value is -1.86. The van der Waals surface area contributed by atoms with Gasteiger partial charge < -0.3 is 9.32 Å². The maximum atomic E-state index is 13.2. The monoisotopic (exact) mass is 420 g/mol. The van der Waals surface area contributed by atoms with Crippen LogP contribution in [0.2, 0.25) is 0 Å². The highest BCUT2D eigenvalue weighted by Gasteiger charge is 2.30. The van der Waals surface area contributed by atoms with Crippen molar-refractivity contribution in [2.24, 2.45) is 0 Å². The van der Waals surface area contributed by atoms with Crippen LogP contribution in [-0.2, 0) is 10.0 Å². The summed E-state index contributed by atoms with van der Waals surface area (Å²) in [7, 11) is -3.78. The summed E-state index contributed by atoms with van der Waals surface area (Å²) in [5.41, 5.74) is 2.49. The van der Waals surface area contributed by atoms with Crippen LogP contribution in [0.3, 0.4) is 0 Å². The minimum absolute atomic E-state index is 0.144. The van der Waals surface area contributed by atoms with Gasteiger partial charge in [0.15, 0.2) is 11.3 Å². The van der Waals surface area contributed by atoms with Crippen LogP contribution >= 0.6 is 0 Å². The molecule has 29 heavy (non-hydrogen) atoms. The van der Waals surface area contributed by atoms with Gasteiger partial charge in [-0.3, -0.25) is 4.79 Å². The second kappa shape index (κ2) is 8.48. The lowest BCUT2D eigenvalue weighted by Gasteiger charge is -2.19. The Labute approximate surface area is 173 Å². The molecule has 0 bridgehead atoms. The summed E-state index contributed by atoms with van der Waals surface area (Å²) < 4.78 is 35.1. The van der Waals surface area contributed by atoms with Gasteiger partial charge in [0, 0.05) is 30.1 Å². The number of nitrogens with zero attached hydrogens (tertiary/aromatic N) is 1. The van der Waals surface area contributed by atoms with Crippen molar-refractivity contribution in [3.05, 3.63) is 28.5 Å². The van der Waals surface area contributed by atoms with Crippen LogP contribution in [0.5, 0.6) is 0 Å². The molecule has 1 aromatic heterocycles. The van der Waals surface area contributed by atoms with Gasteiger partial charge in [0.05, 0.1) is 0 Å². The third kappa shape index (κ3) is 4.21. The van der Waals surface area contributed by atoms with E-state index in [-0.39, 0.29) is 28.2 Å². The molecule has 0 saturated carbocycles. The molecule has 1 atom stereocenters. The van der Waals surface area contributed by atoms with Crippen molar-refractivity contribution < 1.29 is 17.6 Å². The average Bonchev–Trinajstić information content (AvgIpc) is 2.86. The molecule has 0 radical (unpaired) electrons. The topological polar surface area (TPSA) is 79.6 Å². The molecule has 1 fully saturated rings. The molecule has 1 unspecified atom stereocenters. The third-order valence-electron chi connectivity index (χ3n) is 6.02. The van der Waals surface area contributed by atoms with Gasteiger partial charge in [-0.25, -0.2) is 13.1 Å². The average molecular weight is 421 g/mol. The molecule has 2 aromatic rings. The summed E-state index contributed by atoms with van der Waals surface area (Å²) in [5.74, 6) is 0.112. The minimum atomic E-state index is -3.78. The normalized spacial score (nSPS) is 16.8. The number of benzene rings is 1. The molecule has 7 heteroatoms. The highest BCUT2D eigenvalue weighted by Crippen LogP contribution is 2.35. The van der Waals surface area contributed by atoms with Crippen LogP contribution in [0.1, 0.15) is 73.2 Å². The van der Waals surface area contributed by atoms with E-state index in [1.165, 1.54) is 0 Å². The second-order valence-electron chi connectivity index (χ2n) is 8.22. The third-order valence-corrected chi connectivity index (χ3v) is 7.76. The fraction of sp³-hybridized carbons (Fsp3) is 0.591. The van der Waals surface area contributed by atoms with Crippen molar-refractivity contribution in [3.8, 4) is 0 Å². The molecular formula is C22H32N2O4S. The number of aryl methyl sites for hydroxylation is 2. The number of nitrogens with one attached hydrogen (secondary N) is 1. The molecular weight excluding hydrogens is 388 g/mol. The van der Waals surface area contributed by atoms with E-state index in [4.69, 9.17) is 4.42 Å². The fourth-order valence-electron chi connectivity index (χ4n) is 3.89. The van der Waals surface area contributed by atoms with Gasteiger partial charge in [-0.15, -0.1) is 0 Å². The Balaban J connectivity index is 2.15. The first-order valence-corrected chi connectivity index (χ1v) is 12.0. The molecule has 1 saturated heterocycles. The SMILES string of the molecule is CCC(C)NS(=O)(=O)c1c(C)c(C)cc2c(C)c(C(=O)N3CCCCCC3)oc12.